The number of hydrogen-bond donors (Lipinski definition) is 1. The number of aryl methyl sites for hydroxylation is 2. The Bertz CT molecular complexity index is 426. The van der Waals surface area contributed by atoms with Crippen LogP contribution in [0.15, 0.2) is 0 Å². The largest absolute Gasteiger partial charge is 0.395 e. The summed E-state index contributed by atoms with van der Waals surface area (Å²) < 4.78 is 0. The first-order valence-corrected chi connectivity index (χ1v) is 7.59. The highest BCUT2D eigenvalue weighted by molar-refractivity contribution is 5.30. The molecule has 0 bridgehead atoms. The van der Waals surface area contributed by atoms with Gasteiger partial charge >= 0.3 is 0 Å². The molecule has 0 spiro atoms. The standard InChI is InChI=1S/C14H25N5O/c1-3-12-13(4-2)16-17-14(15-12)19-7-5-6-18(8-9-19)10-11-20/h20H,3-11H2,1-2H3. The van der Waals surface area contributed by atoms with Crippen LogP contribution in [-0.2, 0) is 12.8 Å². The second-order valence-electron chi connectivity index (χ2n) is 5.12. The van der Waals surface area contributed by atoms with Crippen molar-refractivity contribution in [2.45, 2.75) is 33.1 Å². The van der Waals surface area contributed by atoms with E-state index in [0.717, 1.165) is 69.3 Å². The van der Waals surface area contributed by atoms with Crippen molar-refractivity contribution >= 4 is 5.95 Å². The Morgan fingerprint density at radius 3 is 2.50 bits per heavy atom. The minimum absolute atomic E-state index is 0.225. The molecule has 0 atom stereocenters. The summed E-state index contributed by atoms with van der Waals surface area (Å²) in [6.07, 6.45) is 2.85. The predicted octanol–water partition coefficient (Wildman–Crippen LogP) is 0.501. The zero-order chi connectivity index (χ0) is 14.4. The van der Waals surface area contributed by atoms with Gasteiger partial charge in [0.1, 0.15) is 0 Å². The van der Waals surface area contributed by atoms with Crippen molar-refractivity contribution in [3.8, 4) is 0 Å². The number of aromatic nitrogens is 3. The van der Waals surface area contributed by atoms with E-state index in [2.05, 4.69) is 38.8 Å². The van der Waals surface area contributed by atoms with E-state index in [4.69, 9.17) is 5.11 Å². The van der Waals surface area contributed by atoms with Gasteiger partial charge in [0.05, 0.1) is 18.0 Å². The number of aliphatic hydroxyl groups is 1. The third-order valence-electron chi connectivity index (χ3n) is 3.79. The Hall–Kier alpha value is -1.27. The zero-order valence-electron chi connectivity index (χ0n) is 12.5. The molecule has 0 saturated carbocycles. The predicted molar refractivity (Wildman–Crippen MR) is 78.9 cm³/mol. The lowest BCUT2D eigenvalue weighted by Gasteiger charge is -2.21. The number of β-amino-alcohol motifs (C(OH)–C–C–N with tert-alkyl or cyclic N) is 1. The molecule has 6 nitrogen and oxygen atoms in total. The van der Waals surface area contributed by atoms with Gasteiger partial charge in [-0.1, -0.05) is 13.8 Å². The van der Waals surface area contributed by atoms with E-state index in [-0.39, 0.29) is 6.61 Å². The van der Waals surface area contributed by atoms with Crippen molar-refractivity contribution in [1.82, 2.24) is 20.1 Å². The highest BCUT2D eigenvalue weighted by atomic mass is 16.3. The van der Waals surface area contributed by atoms with Gasteiger partial charge in [0, 0.05) is 26.2 Å². The maximum absolute atomic E-state index is 9.03. The molecule has 1 aliphatic heterocycles. The highest BCUT2D eigenvalue weighted by Crippen LogP contribution is 2.13. The number of aliphatic hydroxyl groups excluding tert-OH is 1. The van der Waals surface area contributed by atoms with Crippen LogP contribution >= 0.6 is 0 Å². The van der Waals surface area contributed by atoms with Crippen LogP contribution in [-0.4, -0.2) is 64.5 Å². The molecule has 1 aromatic rings. The van der Waals surface area contributed by atoms with E-state index in [1.807, 2.05) is 0 Å². The SMILES string of the molecule is CCc1nnc(N2CCCN(CCO)CC2)nc1CC. The molecular formula is C14H25N5O. The van der Waals surface area contributed by atoms with Gasteiger partial charge in [-0.3, -0.25) is 4.90 Å². The molecule has 1 saturated heterocycles. The number of anilines is 1. The Morgan fingerprint density at radius 2 is 1.80 bits per heavy atom. The minimum atomic E-state index is 0.225. The first-order valence-electron chi connectivity index (χ1n) is 7.59. The third kappa shape index (κ3) is 3.64. The van der Waals surface area contributed by atoms with Crippen molar-refractivity contribution in [3.05, 3.63) is 11.4 Å². The number of rotatable bonds is 5. The van der Waals surface area contributed by atoms with Crippen molar-refractivity contribution in [3.63, 3.8) is 0 Å². The van der Waals surface area contributed by atoms with Crippen LogP contribution in [0, 0.1) is 0 Å². The molecule has 0 aliphatic carbocycles. The molecule has 1 fully saturated rings. The first-order chi connectivity index (χ1) is 9.78. The Labute approximate surface area is 120 Å². The summed E-state index contributed by atoms with van der Waals surface area (Å²) in [6, 6.07) is 0. The fraction of sp³-hybridized carbons (Fsp3) is 0.786. The summed E-state index contributed by atoms with van der Waals surface area (Å²) in [5, 5.41) is 17.6. The van der Waals surface area contributed by atoms with Gasteiger partial charge in [-0.25, -0.2) is 4.98 Å². The van der Waals surface area contributed by atoms with Crippen molar-refractivity contribution in [2.75, 3.05) is 44.2 Å². The van der Waals surface area contributed by atoms with Gasteiger partial charge in [0.2, 0.25) is 5.95 Å². The second kappa shape index (κ2) is 7.50. The molecule has 6 heteroatoms. The molecule has 2 heterocycles. The van der Waals surface area contributed by atoms with Crippen LogP contribution in [0.4, 0.5) is 5.95 Å². The molecule has 1 aromatic heterocycles. The van der Waals surface area contributed by atoms with E-state index in [1.165, 1.54) is 0 Å². The van der Waals surface area contributed by atoms with E-state index in [1.54, 1.807) is 0 Å². The summed E-state index contributed by atoms with van der Waals surface area (Å²) in [6.45, 7) is 9.00. The smallest absolute Gasteiger partial charge is 0.245 e. The van der Waals surface area contributed by atoms with Crippen molar-refractivity contribution in [1.29, 1.82) is 0 Å². The fourth-order valence-corrected chi connectivity index (χ4v) is 2.60. The lowest BCUT2D eigenvalue weighted by atomic mass is 10.2. The second-order valence-corrected chi connectivity index (χ2v) is 5.12. The quantitative estimate of drug-likeness (QED) is 0.847. The lowest BCUT2D eigenvalue weighted by molar-refractivity contribution is 0.204. The molecule has 0 unspecified atom stereocenters. The molecule has 2 rings (SSSR count). The van der Waals surface area contributed by atoms with E-state index >= 15 is 0 Å². The van der Waals surface area contributed by atoms with Gasteiger partial charge < -0.3 is 10.0 Å². The monoisotopic (exact) mass is 279 g/mol. The van der Waals surface area contributed by atoms with E-state index in [9.17, 15) is 0 Å². The average molecular weight is 279 g/mol. The maximum Gasteiger partial charge on any atom is 0.245 e. The number of hydrogen-bond acceptors (Lipinski definition) is 6. The van der Waals surface area contributed by atoms with Gasteiger partial charge in [-0.15, -0.1) is 5.10 Å². The molecule has 1 N–H and O–H groups in total. The topological polar surface area (TPSA) is 65.4 Å². The van der Waals surface area contributed by atoms with Gasteiger partial charge in [-0.2, -0.15) is 5.10 Å². The summed E-state index contributed by atoms with van der Waals surface area (Å²) in [5.74, 6) is 0.755. The average Bonchev–Trinajstić information content (AvgIpc) is 2.72. The van der Waals surface area contributed by atoms with Crippen LogP contribution in [0.3, 0.4) is 0 Å². The third-order valence-corrected chi connectivity index (χ3v) is 3.79. The fourth-order valence-electron chi connectivity index (χ4n) is 2.60. The Morgan fingerprint density at radius 1 is 1.00 bits per heavy atom. The molecule has 0 radical (unpaired) electrons. The summed E-state index contributed by atoms with van der Waals surface area (Å²) in [4.78, 5) is 9.18. The summed E-state index contributed by atoms with van der Waals surface area (Å²) >= 11 is 0. The Balaban J connectivity index is 2.07. The van der Waals surface area contributed by atoms with Crippen molar-refractivity contribution in [2.24, 2.45) is 0 Å². The van der Waals surface area contributed by atoms with Gasteiger partial charge in [0.25, 0.3) is 0 Å². The van der Waals surface area contributed by atoms with Gasteiger partial charge in [-0.05, 0) is 25.8 Å². The minimum Gasteiger partial charge on any atom is -0.395 e. The van der Waals surface area contributed by atoms with Crippen LogP contribution in [0.25, 0.3) is 0 Å². The van der Waals surface area contributed by atoms with E-state index in [0.29, 0.717) is 0 Å². The van der Waals surface area contributed by atoms with Crippen LogP contribution in [0.5, 0.6) is 0 Å². The molecule has 112 valence electrons. The van der Waals surface area contributed by atoms with Crippen LogP contribution in [0.2, 0.25) is 0 Å². The molecule has 20 heavy (non-hydrogen) atoms. The molecule has 0 amide bonds. The first kappa shape index (κ1) is 15.1. The maximum atomic E-state index is 9.03. The Kier molecular flexibility index (Phi) is 5.67. The van der Waals surface area contributed by atoms with Gasteiger partial charge in [0.15, 0.2) is 0 Å². The van der Waals surface area contributed by atoms with Crippen LogP contribution in [0.1, 0.15) is 31.7 Å². The molecule has 0 aromatic carbocycles. The normalized spacial score (nSPS) is 17.2. The number of nitrogens with zero attached hydrogens (tertiary/aromatic N) is 5. The van der Waals surface area contributed by atoms with Crippen LogP contribution < -0.4 is 4.90 Å². The zero-order valence-corrected chi connectivity index (χ0v) is 12.5. The molecule has 1 aliphatic rings. The lowest BCUT2D eigenvalue weighted by Crippen LogP contribution is -2.33. The summed E-state index contributed by atoms with van der Waals surface area (Å²) in [7, 11) is 0. The van der Waals surface area contributed by atoms with E-state index < -0.39 is 0 Å². The molecular weight excluding hydrogens is 254 g/mol. The van der Waals surface area contributed by atoms with Crippen molar-refractivity contribution < 1.29 is 5.11 Å². The highest BCUT2D eigenvalue weighted by Gasteiger charge is 2.18. The summed E-state index contributed by atoms with van der Waals surface area (Å²) in [5.41, 5.74) is 2.07.